The van der Waals surface area contributed by atoms with Crippen LogP contribution in [0.25, 0.3) is 0 Å². The zero-order valence-electron chi connectivity index (χ0n) is 9.96. The monoisotopic (exact) mass is 299 g/mol. The lowest BCUT2D eigenvalue weighted by Gasteiger charge is -2.16. The van der Waals surface area contributed by atoms with Crippen molar-refractivity contribution in [3.8, 4) is 0 Å². The van der Waals surface area contributed by atoms with Gasteiger partial charge in [-0.25, -0.2) is 4.98 Å². The Labute approximate surface area is 110 Å². The zero-order valence-corrected chi connectivity index (χ0v) is 11.5. The summed E-state index contributed by atoms with van der Waals surface area (Å²) in [5, 5.41) is 12.3. The van der Waals surface area contributed by atoms with Gasteiger partial charge in [-0.1, -0.05) is 0 Å². The fraction of sp³-hybridized carbons (Fsp3) is 0.583. The lowest BCUT2D eigenvalue weighted by atomic mass is 10.0. The molecule has 94 valence electrons. The molecule has 0 bridgehead atoms. The minimum atomic E-state index is 0.261. The molecule has 1 heterocycles. The maximum atomic E-state index is 9.00. The molecular weight excluding hydrogens is 282 g/mol. The molecule has 0 saturated heterocycles. The van der Waals surface area contributed by atoms with Crippen molar-refractivity contribution >= 4 is 27.4 Å². The first kappa shape index (κ1) is 12.6. The van der Waals surface area contributed by atoms with Crippen LogP contribution >= 0.6 is 15.9 Å². The van der Waals surface area contributed by atoms with E-state index in [-0.39, 0.29) is 12.0 Å². The predicted octanol–water partition coefficient (Wildman–Crippen LogP) is 2.31. The Bertz CT molecular complexity index is 418. The molecule has 0 aliphatic heterocycles. The third kappa shape index (κ3) is 2.72. The third-order valence-corrected chi connectivity index (χ3v) is 4.50. The van der Waals surface area contributed by atoms with Gasteiger partial charge in [0.2, 0.25) is 0 Å². The number of nitrogens with two attached hydrogens (primary N) is 1. The molecule has 1 saturated carbocycles. The molecule has 4 nitrogen and oxygen atoms in total. The highest BCUT2D eigenvalue weighted by atomic mass is 79.9. The van der Waals surface area contributed by atoms with Crippen molar-refractivity contribution in [3.63, 3.8) is 0 Å². The molecule has 0 atom stereocenters. The van der Waals surface area contributed by atoms with Gasteiger partial charge in [-0.3, -0.25) is 0 Å². The van der Waals surface area contributed by atoms with E-state index in [2.05, 4.69) is 26.2 Å². The summed E-state index contributed by atoms with van der Waals surface area (Å²) in [4.78, 5) is 4.28. The van der Waals surface area contributed by atoms with E-state index in [1.165, 1.54) is 12.8 Å². The fourth-order valence-corrected chi connectivity index (χ4v) is 2.39. The van der Waals surface area contributed by atoms with Crippen LogP contribution in [0.2, 0.25) is 0 Å². The maximum Gasteiger partial charge on any atom is 0.140 e. The summed E-state index contributed by atoms with van der Waals surface area (Å²) in [6.45, 7) is 3.09. The third-order valence-electron chi connectivity index (χ3n) is 3.53. The molecule has 1 fully saturated rings. The average molecular weight is 300 g/mol. The quantitative estimate of drug-likeness (QED) is 0.780. The van der Waals surface area contributed by atoms with Gasteiger partial charge >= 0.3 is 0 Å². The van der Waals surface area contributed by atoms with Crippen LogP contribution in [0.1, 0.15) is 24.8 Å². The minimum Gasteiger partial charge on any atom is -0.397 e. The Morgan fingerprint density at radius 3 is 2.88 bits per heavy atom. The second-order valence-corrected chi connectivity index (χ2v) is 5.62. The molecule has 1 aromatic rings. The van der Waals surface area contributed by atoms with E-state index in [0.717, 1.165) is 28.8 Å². The number of nitrogens with one attached hydrogen (secondary N) is 1. The summed E-state index contributed by atoms with van der Waals surface area (Å²) < 4.78 is 0.928. The van der Waals surface area contributed by atoms with Crippen molar-refractivity contribution < 1.29 is 5.11 Å². The number of aliphatic hydroxyl groups is 1. The van der Waals surface area contributed by atoms with Gasteiger partial charge in [0.15, 0.2) is 0 Å². The molecule has 0 aromatic carbocycles. The highest BCUT2D eigenvalue weighted by molar-refractivity contribution is 9.10. The van der Waals surface area contributed by atoms with Crippen LogP contribution < -0.4 is 11.1 Å². The van der Waals surface area contributed by atoms with Crippen molar-refractivity contribution in [2.45, 2.75) is 26.2 Å². The topological polar surface area (TPSA) is 71.2 Å². The number of aliphatic hydroxyl groups excluding tert-OH is 1. The molecule has 2 rings (SSSR count). The van der Waals surface area contributed by atoms with E-state index in [1.54, 1.807) is 6.20 Å². The molecule has 0 spiro atoms. The van der Waals surface area contributed by atoms with Gasteiger partial charge in [0.05, 0.1) is 16.4 Å². The first-order valence-corrected chi connectivity index (χ1v) is 6.63. The Morgan fingerprint density at radius 1 is 1.59 bits per heavy atom. The Morgan fingerprint density at radius 2 is 2.29 bits per heavy atom. The number of hydrogen-bond donors (Lipinski definition) is 3. The normalized spacial score (nSPS) is 16.9. The summed E-state index contributed by atoms with van der Waals surface area (Å²) in [5.41, 5.74) is 7.76. The largest absolute Gasteiger partial charge is 0.397 e. The van der Waals surface area contributed by atoms with Gasteiger partial charge in [0.1, 0.15) is 5.82 Å². The van der Waals surface area contributed by atoms with Crippen LogP contribution in [0.15, 0.2) is 10.7 Å². The number of nitrogens with zero attached hydrogens (tertiary/aromatic N) is 1. The van der Waals surface area contributed by atoms with E-state index >= 15 is 0 Å². The van der Waals surface area contributed by atoms with Gasteiger partial charge in [-0.15, -0.1) is 0 Å². The summed E-state index contributed by atoms with van der Waals surface area (Å²) in [6, 6.07) is 0. The van der Waals surface area contributed by atoms with Crippen molar-refractivity contribution in [1.29, 1.82) is 0 Å². The van der Waals surface area contributed by atoms with Crippen molar-refractivity contribution in [2.24, 2.45) is 5.41 Å². The lowest BCUT2D eigenvalue weighted by Crippen LogP contribution is -2.18. The predicted molar refractivity (Wildman–Crippen MR) is 72.9 cm³/mol. The van der Waals surface area contributed by atoms with E-state index in [1.807, 2.05) is 6.92 Å². The number of nitrogen functional groups attached to an aromatic ring is 1. The van der Waals surface area contributed by atoms with E-state index in [9.17, 15) is 0 Å². The number of halogens is 1. The van der Waals surface area contributed by atoms with Gasteiger partial charge in [-0.05, 0) is 53.1 Å². The SMILES string of the molecule is Cc1c(N)cnc(NCC2(CCO)CC2)c1Br. The van der Waals surface area contributed by atoms with Crippen LogP contribution in [0, 0.1) is 12.3 Å². The smallest absolute Gasteiger partial charge is 0.140 e. The first-order valence-electron chi connectivity index (χ1n) is 5.83. The van der Waals surface area contributed by atoms with Crippen molar-refractivity contribution in [1.82, 2.24) is 4.98 Å². The standard InChI is InChI=1S/C12H18BrN3O/c1-8-9(14)6-15-11(10(8)13)16-7-12(2-3-12)4-5-17/h6,17H,2-5,7,14H2,1H3,(H,15,16). The molecule has 1 aliphatic rings. The first-order chi connectivity index (χ1) is 8.08. The van der Waals surface area contributed by atoms with Gasteiger partial charge < -0.3 is 16.2 Å². The van der Waals surface area contributed by atoms with E-state index in [0.29, 0.717) is 5.69 Å². The van der Waals surface area contributed by atoms with Crippen molar-refractivity contribution in [3.05, 3.63) is 16.2 Å². The summed E-state index contributed by atoms with van der Waals surface area (Å²) in [7, 11) is 0. The molecule has 0 amide bonds. The highest BCUT2D eigenvalue weighted by Crippen LogP contribution is 2.48. The van der Waals surface area contributed by atoms with Crippen molar-refractivity contribution in [2.75, 3.05) is 24.2 Å². The van der Waals surface area contributed by atoms with Crippen LogP contribution in [0.3, 0.4) is 0 Å². The number of hydrogen-bond acceptors (Lipinski definition) is 4. The molecule has 1 aromatic heterocycles. The Balaban J connectivity index is 2.02. The van der Waals surface area contributed by atoms with E-state index < -0.39 is 0 Å². The number of aromatic nitrogens is 1. The lowest BCUT2D eigenvalue weighted by molar-refractivity contribution is 0.253. The van der Waals surface area contributed by atoms with Gasteiger partial charge in [-0.2, -0.15) is 0 Å². The minimum absolute atomic E-state index is 0.261. The number of pyridine rings is 1. The van der Waals surface area contributed by atoms with Crippen LogP contribution in [0.5, 0.6) is 0 Å². The fourth-order valence-electron chi connectivity index (χ4n) is 1.92. The maximum absolute atomic E-state index is 9.00. The number of rotatable bonds is 5. The second-order valence-electron chi connectivity index (χ2n) is 4.83. The molecule has 17 heavy (non-hydrogen) atoms. The molecule has 0 radical (unpaired) electrons. The van der Waals surface area contributed by atoms with Gasteiger partial charge in [0, 0.05) is 13.2 Å². The van der Waals surface area contributed by atoms with Gasteiger partial charge in [0.25, 0.3) is 0 Å². The summed E-state index contributed by atoms with van der Waals surface area (Å²) in [6.07, 6.45) is 4.91. The van der Waals surface area contributed by atoms with Crippen LogP contribution in [-0.2, 0) is 0 Å². The molecule has 0 unspecified atom stereocenters. The summed E-state index contributed by atoms with van der Waals surface area (Å²) >= 11 is 3.50. The number of anilines is 2. The molecular formula is C12H18BrN3O. The van der Waals surface area contributed by atoms with Crippen LogP contribution in [-0.4, -0.2) is 23.2 Å². The Kier molecular flexibility index (Phi) is 3.58. The zero-order chi connectivity index (χ0) is 12.5. The van der Waals surface area contributed by atoms with E-state index in [4.69, 9.17) is 10.8 Å². The molecule has 1 aliphatic carbocycles. The molecule has 4 N–H and O–H groups in total. The Hall–Kier alpha value is -0.810. The summed E-state index contributed by atoms with van der Waals surface area (Å²) in [5.74, 6) is 0.834. The highest BCUT2D eigenvalue weighted by Gasteiger charge is 2.41. The molecule has 5 heteroatoms. The average Bonchev–Trinajstić information content (AvgIpc) is 3.06. The van der Waals surface area contributed by atoms with Crippen LogP contribution in [0.4, 0.5) is 11.5 Å². The second kappa shape index (κ2) is 4.82.